The normalized spacial score (nSPS) is 17.6. The van der Waals surface area contributed by atoms with Crippen LogP contribution >= 0.6 is 7.92 Å². The van der Waals surface area contributed by atoms with Gasteiger partial charge in [-0.15, -0.1) is 0 Å². The van der Waals surface area contributed by atoms with E-state index in [1.165, 1.54) is 61.9 Å². The largest absolute Gasteiger partial charge is 3.00 e. The van der Waals surface area contributed by atoms with E-state index < -0.39 is 195 Å². The van der Waals surface area contributed by atoms with Crippen LogP contribution in [0.5, 0.6) is 0 Å². The van der Waals surface area contributed by atoms with Crippen LogP contribution in [0.2, 0.25) is 0 Å². The molecule has 4 aromatic carbocycles. The third-order valence-corrected chi connectivity index (χ3v) is 20.4. The molecule has 1 nitrogen and oxygen atoms in total. The van der Waals surface area contributed by atoms with E-state index in [9.17, 15) is 105 Å². The van der Waals surface area contributed by atoms with Crippen LogP contribution in [0.4, 0.5) is 105 Å². The molecule has 0 saturated heterocycles. The third kappa shape index (κ3) is 23.1. The molecule has 0 N–H and O–H groups in total. The molecule has 0 bridgehead atoms. The summed E-state index contributed by atoms with van der Waals surface area (Å²) in [5.41, 5.74) is -26.6. The standard InChI is InChI=1S/C32H12BF24.C18H33P.C8H12.C5H5N.2CH3.Ir/c34-25(35,36)13-1-14(26(37,38)39)6-21(5-13)33(22-7-15(27(40,41)42)2-16(8-22)28(43,44)45,23-9-17(29(46,47)48)3-18(10-23)30(49,50)51)24-11-19(31(52,53)54)4-20(12-24)32(55,56)57;1-4-10-16(11-5-1)19(17-12-6-2-7-13-17)18-14-8-3-9-15-18;1-2-4-6-8-7-5-3-1;1-2-4-6-5-3-1;;;/h1-12H;16-18H,1-15H2;1-2,7-8H,3-6H2;1-5H;2*1H3;/q-1;;;;2*-1;+3/b;;2-1-,8-7-;;;;. The van der Waals surface area contributed by atoms with Gasteiger partial charge in [0.05, 0.1) is 44.5 Å². The van der Waals surface area contributed by atoms with Gasteiger partial charge in [-0.2, -0.15) is 127 Å². The molecule has 4 aliphatic rings. The molecule has 3 fully saturated rings. The Morgan fingerprint density at radius 3 is 0.602 bits per heavy atom. The van der Waals surface area contributed by atoms with Crippen molar-refractivity contribution in [1.82, 2.24) is 4.98 Å². The Balaban J connectivity index is 0.000000502. The van der Waals surface area contributed by atoms with E-state index in [1.54, 1.807) is 89.4 Å². The fourth-order valence-corrected chi connectivity index (χ4v) is 16.9. The Hall–Kier alpha value is -5.03. The molecule has 0 radical (unpaired) electrons. The van der Waals surface area contributed by atoms with Gasteiger partial charge in [0.2, 0.25) is 0 Å². The maximum absolute atomic E-state index is 14.2. The molecule has 93 heavy (non-hydrogen) atoms. The van der Waals surface area contributed by atoms with Crippen molar-refractivity contribution in [1.29, 1.82) is 0 Å². The zero-order chi connectivity index (χ0) is 66.7. The number of alkyl halides is 24. The van der Waals surface area contributed by atoms with Gasteiger partial charge in [0.15, 0.2) is 0 Å². The molecule has 518 valence electrons. The zero-order valence-corrected chi connectivity index (χ0v) is 53.5. The van der Waals surface area contributed by atoms with Gasteiger partial charge in [-0.05, 0) is 118 Å². The first kappa shape index (κ1) is 82.2. The second kappa shape index (κ2) is 33.8. The molecule has 1 aromatic heterocycles. The minimum atomic E-state index is -6.13. The molecule has 9 rings (SSSR count). The van der Waals surface area contributed by atoms with Gasteiger partial charge in [0.1, 0.15) is 6.15 Å². The van der Waals surface area contributed by atoms with Crippen LogP contribution in [0.15, 0.2) is 128 Å². The van der Waals surface area contributed by atoms with Crippen molar-refractivity contribution in [2.75, 3.05) is 0 Å². The van der Waals surface area contributed by atoms with Crippen molar-refractivity contribution in [2.45, 2.75) is 188 Å². The summed E-state index contributed by atoms with van der Waals surface area (Å²) in [4.78, 5) is 3.78. The number of benzene rings is 4. The predicted molar refractivity (Wildman–Crippen MR) is 311 cm³/mol. The van der Waals surface area contributed by atoms with Gasteiger partial charge in [-0.3, -0.25) is 4.98 Å². The van der Waals surface area contributed by atoms with E-state index in [0.29, 0.717) is 7.92 Å². The van der Waals surface area contributed by atoms with Crippen LogP contribution in [-0.2, 0) is 69.5 Å². The Kier molecular flexibility index (Phi) is 29.9. The minimum Gasteiger partial charge on any atom is -0.358 e. The summed E-state index contributed by atoms with van der Waals surface area (Å²) >= 11 is 0. The third-order valence-electron chi connectivity index (χ3n) is 16.3. The molecule has 1 heterocycles. The number of aromatic nitrogens is 1. The van der Waals surface area contributed by atoms with Crippen LogP contribution in [0, 0.1) is 14.9 Å². The van der Waals surface area contributed by atoms with Crippen molar-refractivity contribution in [2.24, 2.45) is 0 Å². The summed E-state index contributed by atoms with van der Waals surface area (Å²) in [6, 6.07) is -3.10. The van der Waals surface area contributed by atoms with Gasteiger partial charge in [-0.1, -0.05) is 145 Å². The van der Waals surface area contributed by atoms with Crippen molar-refractivity contribution < 1.29 is 125 Å². The van der Waals surface area contributed by atoms with Crippen LogP contribution < -0.4 is 21.9 Å². The molecule has 28 heteroatoms. The monoisotopic (exact) mass is 1550 g/mol. The number of allylic oxidation sites excluding steroid dienone is 4. The zero-order valence-electron chi connectivity index (χ0n) is 50.2. The van der Waals surface area contributed by atoms with Gasteiger partial charge in [-0.25, -0.2) is 0 Å². The Labute approximate surface area is 539 Å². The van der Waals surface area contributed by atoms with Crippen molar-refractivity contribution in [3.05, 3.63) is 187 Å². The predicted octanol–water partition coefficient (Wildman–Crippen LogP) is 22.3. The van der Waals surface area contributed by atoms with Gasteiger partial charge < -0.3 is 14.9 Å². The first-order valence-corrected chi connectivity index (χ1v) is 30.5. The van der Waals surface area contributed by atoms with E-state index in [0.717, 1.165) is 0 Å². The molecule has 4 aliphatic carbocycles. The maximum Gasteiger partial charge on any atom is 3.00 e. The number of pyridine rings is 1. The van der Waals surface area contributed by atoms with E-state index in [2.05, 4.69) is 29.3 Å². The van der Waals surface area contributed by atoms with Crippen molar-refractivity contribution in [3.63, 3.8) is 0 Å². The van der Waals surface area contributed by atoms with Gasteiger partial charge >= 0.3 is 69.5 Å². The Bertz CT molecular complexity index is 2610. The molecule has 0 unspecified atom stereocenters. The topological polar surface area (TPSA) is 12.9 Å². The molecular formula is C65H68BF24IrNP. The Morgan fingerprint density at radius 2 is 0.462 bits per heavy atom. The number of hydrogen-bond acceptors (Lipinski definition) is 1. The molecule has 5 aromatic rings. The van der Waals surface area contributed by atoms with E-state index in [4.69, 9.17) is 0 Å². The summed E-state index contributed by atoms with van der Waals surface area (Å²) in [7, 11) is 0.385. The average Bonchev–Trinajstić information content (AvgIpc) is 0.710. The van der Waals surface area contributed by atoms with Crippen molar-refractivity contribution in [3.8, 4) is 0 Å². The number of nitrogens with zero attached hydrogens (tertiary/aromatic N) is 1. The van der Waals surface area contributed by atoms with Crippen LogP contribution in [0.1, 0.15) is 167 Å². The molecule has 0 atom stereocenters. The van der Waals surface area contributed by atoms with Gasteiger partial charge in [0.25, 0.3) is 0 Å². The molecular weight excluding hydrogens is 1480 g/mol. The second-order valence-electron chi connectivity index (χ2n) is 22.7. The summed E-state index contributed by atoms with van der Waals surface area (Å²) in [6.07, 6.45) is -13.7. The molecule has 3 saturated carbocycles. The maximum atomic E-state index is 14.2. The Morgan fingerprint density at radius 1 is 0.280 bits per heavy atom. The van der Waals surface area contributed by atoms with Gasteiger partial charge in [0, 0.05) is 12.4 Å². The summed E-state index contributed by atoms with van der Waals surface area (Å²) < 4.78 is 341. The fraction of sp³-hybridized carbons (Fsp3) is 0.462. The summed E-state index contributed by atoms with van der Waals surface area (Å²) in [5, 5.41) is 0. The number of rotatable bonds is 7. The molecule has 0 aliphatic heterocycles. The molecule has 0 amide bonds. The fourth-order valence-electron chi connectivity index (χ4n) is 12.3. The van der Waals surface area contributed by atoms with E-state index in [-0.39, 0.29) is 35.0 Å². The average molecular weight is 1550 g/mol. The first-order valence-electron chi connectivity index (χ1n) is 29.0. The quantitative estimate of drug-likeness (QED) is 0.0520. The van der Waals surface area contributed by atoms with Crippen LogP contribution in [-0.4, -0.2) is 28.1 Å². The number of hydrogen-bond donors (Lipinski definition) is 0. The molecule has 0 spiro atoms. The van der Waals surface area contributed by atoms with E-state index in [1.807, 2.05) is 18.2 Å². The summed E-state index contributed by atoms with van der Waals surface area (Å²) in [6.45, 7) is 0. The smallest absolute Gasteiger partial charge is 0.358 e. The van der Waals surface area contributed by atoms with Crippen molar-refractivity contribution >= 4 is 35.9 Å². The SMILES string of the molecule is C1=C\CC/C=C\CC/1.C1CCC(P(C2CCCCC2)C2CCCCC2)CC1.FC(F)(F)c1cc([B-](c2cc(C(F)(F)F)cc(C(F)(F)F)c2)(c2cc(C(F)(F)F)cc(C(F)(F)F)c2)c2cc(C(F)(F)F)cc(C(F)(F)F)c2)cc(C(F)(F)F)c1.[CH3-].[CH3-].[Ir+3].c1ccncc1. The minimum absolute atomic E-state index is 0. The van der Waals surface area contributed by atoms with E-state index >= 15 is 0 Å². The van der Waals surface area contributed by atoms with Crippen LogP contribution in [0.3, 0.4) is 0 Å². The second-order valence-corrected chi connectivity index (χ2v) is 25.8. The first-order chi connectivity index (χ1) is 41.7. The summed E-state index contributed by atoms with van der Waals surface area (Å²) in [5.74, 6) is 0. The van der Waals surface area contributed by atoms with Crippen LogP contribution in [0.25, 0.3) is 0 Å². The number of halogens is 24.